The Kier molecular flexibility index (Phi) is 5.20. The summed E-state index contributed by atoms with van der Waals surface area (Å²) in [6.45, 7) is 5.58. The topological polar surface area (TPSA) is 64.7 Å². The van der Waals surface area contributed by atoms with Crippen LogP contribution < -0.4 is 4.87 Å². The van der Waals surface area contributed by atoms with Crippen molar-refractivity contribution in [1.82, 2.24) is 9.47 Å². The molecule has 0 unspecified atom stereocenters. The van der Waals surface area contributed by atoms with Crippen molar-refractivity contribution in [3.05, 3.63) is 43.9 Å². The van der Waals surface area contributed by atoms with Gasteiger partial charge in [0.2, 0.25) is 0 Å². The summed E-state index contributed by atoms with van der Waals surface area (Å²) in [4.78, 5) is 25.3. The highest BCUT2D eigenvalue weighted by Gasteiger charge is 2.16. The molecule has 0 saturated heterocycles. The Morgan fingerprint density at radius 1 is 1.45 bits per heavy atom. The average molecular weight is 324 g/mol. The molecule has 2 aromatic rings. The van der Waals surface area contributed by atoms with E-state index in [1.165, 1.54) is 18.4 Å². The van der Waals surface area contributed by atoms with Gasteiger partial charge in [-0.15, -0.1) is 0 Å². The highest BCUT2D eigenvalue weighted by molar-refractivity contribution is 7.07. The van der Waals surface area contributed by atoms with Crippen LogP contribution in [0.1, 0.15) is 27.6 Å². The van der Waals surface area contributed by atoms with Crippen molar-refractivity contribution >= 4 is 17.3 Å². The summed E-state index contributed by atoms with van der Waals surface area (Å²) in [7, 11) is 3.30. The number of aromatic nitrogens is 1. The van der Waals surface area contributed by atoms with Crippen LogP contribution in [0.5, 0.6) is 0 Å². The molecule has 0 atom stereocenters. The van der Waals surface area contributed by atoms with Crippen LogP contribution in [0.4, 0.5) is 0 Å². The van der Waals surface area contributed by atoms with Gasteiger partial charge in [-0.25, -0.2) is 4.79 Å². The fourth-order valence-electron chi connectivity index (χ4n) is 2.22. The molecule has 0 N–H and O–H groups in total. The van der Waals surface area contributed by atoms with Gasteiger partial charge in [-0.3, -0.25) is 9.69 Å². The number of hydrogen-bond acceptors (Lipinski definition) is 6. The first kappa shape index (κ1) is 16.5. The van der Waals surface area contributed by atoms with E-state index in [1.807, 2.05) is 24.3 Å². The number of thiazole rings is 1. The first-order valence-corrected chi connectivity index (χ1v) is 7.81. The Morgan fingerprint density at radius 2 is 2.18 bits per heavy atom. The number of hydrogen-bond donors (Lipinski definition) is 0. The van der Waals surface area contributed by atoms with Crippen LogP contribution in [0.3, 0.4) is 0 Å². The SMILES string of the molecule is COC(=O)c1cc(CN(C)CCn2c(C)csc2=O)oc1C. The van der Waals surface area contributed by atoms with Crippen molar-refractivity contribution in [3.63, 3.8) is 0 Å². The number of ether oxygens (including phenoxy) is 1. The summed E-state index contributed by atoms with van der Waals surface area (Å²) in [5, 5.41) is 1.86. The quantitative estimate of drug-likeness (QED) is 0.761. The first-order chi connectivity index (χ1) is 10.4. The number of rotatable bonds is 6. The van der Waals surface area contributed by atoms with Gasteiger partial charge in [0.1, 0.15) is 17.1 Å². The molecule has 120 valence electrons. The second kappa shape index (κ2) is 6.93. The van der Waals surface area contributed by atoms with E-state index in [1.54, 1.807) is 17.6 Å². The summed E-state index contributed by atoms with van der Waals surface area (Å²) in [6, 6.07) is 1.71. The van der Waals surface area contributed by atoms with E-state index in [4.69, 9.17) is 9.15 Å². The molecule has 2 aromatic heterocycles. The van der Waals surface area contributed by atoms with Crippen LogP contribution in [0, 0.1) is 13.8 Å². The molecule has 0 aliphatic carbocycles. The third-order valence-electron chi connectivity index (χ3n) is 3.48. The minimum atomic E-state index is -0.393. The number of esters is 1. The van der Waals surface area contributed by atoms with Crippen LogP contribution in [0.2, 0.25) is 0 Å². The second-order valence-corrected chi connectivity index (χ2v) is 6.03. The maximum absolute atomic E-state index is 11.7. The Balaban J connectivity index is 1.96. The third kappa shape index (κ3) is 3.66. The lowest BCUT2D eigenvalue weighted by Crippen LogP contribution is -2.26. The number of nitrogens with zero attached hydrogens (tertiary/aromatic N) is 2. The normalized spacial score (nSPS) is 11.1. The zero-order chi connectivity index (χ0) is 16.3. The number of furan rings is 1. The molecule has 0 bridgehead atoms. The number of carbonyl (C=O) groups excluding carboxylic acids is 1. The molecule has 6 nitrogen and oxygen atoms in total. The molecular weight excluding hydrogens is 304 g/mol. The van der Waals surface area contributed by atoms with Crippen molar-refractivity contribution in [2.75, 3.05) is 20.7 Å². The minimum Gasteiger partial charge on any atom is -0.465 e. The van der Waals surface area contributed by atoms with Gasteiger partial charge in [0.25, 0.3) is 0 Å². The van der Waals surface area contributed by atoms with E-state index in [0.717, 1.165) is 5.69 Å². The minimum absolute atomic E-state index is 0.0627. The van der Waals surface area contributed by atoms with Crippen molar-refractivity contribution in [2.45, 2.75) is 26.9 Å². The predicted molar refractivity (Wildman–Crippen MR) is 84.4 cm³/mol. The molecule has 0 radical (unpaired) electrons. The van der Waals surface area contributed by atoms with Gasteiger partial charge < -0.3 is 13.7 Å². The van der Waals surface area contributed by atoms with Gasteiger partial charge in [0.05, 0.1) is 13.7 Å². The van der Waals surface area contributed by atoms with E-state index in [9.17, 15) is 9.59 Å². The molecule has 7 heteroatoms. The van der Waals surface area contributed by atoms with Crippen LogP contribution in [0.25, 0.3) is 0 Å². The van der Waals surface area contributed by atoms with Gasteiger partial charge in [-0.05, 0) is 27.0 Å². The first-order valence-electron chi connectivity index (χ1n) is 6.93. The molecule has 0 aromatic carbocycles. The highest BCUT2D eigenvalue weighted by Crippen LogP contribution is 2.17. The lowest BCUT2D eigenvalue weighted by atomic mass is 10.2. The Hall–Kier alpha value is -1.86. The van der Waals surface area contributed by atoms with Crippen LogP contribution in [-0.4, -0.2) is 36.1 Å². The molecule has 0 fully saturated rings. The van der Waals surface area contributed by atoms with E-state index in [-0.39, 0.29) is 4.87 Å². The molecule has 0 aliphatic rings. The van der Waals surface area contributed by atoms with Gasteiger partial charge in [-0.1, -0.05) is 11.3 Å². The smallest absolute Gasteiger partial charge is 0.341 e. The maximum atomic E-state index is 11.7. The zero-order valence-electron chi connectivity index (χ0n) is 13.2. The van der Waals surface area contributed by atoms with Gasteiger partial charge >= 0.3 is 10.8 Å². The lowest BCUT2D eigenvalue weighted by molar-refractivity contribution is 0.0599. The van der Waals surface area contributed by atoms with Crippen LogP contribution in [-0.2, 0) is 17.8 Å². The molecular formula is C15H20N2O4S. The summed E-state index contributed by atoms with van der Waals surface area (Å²) >= 11 is 1.22. The van der Waals surface area contributed by atoms with E-state index in [0.29, 0.717) is 36.7 Å². The molecule has 0 aliphatic heterocycles. The number of carbonyl (C=O) groups is 1. The highest BCUT2D eigenvalue weighted by atomic mass is 32.1. The van der Waals surface area contributed by atoms with Crippen LogP contribution in [0.15, 0.2) is 20.7 Å². The summed E-state index contributed by atoms with van der Waals surface area (Å²) in [5.74, 6) is 0.866. The summed E-state index contributed by atoms with van der Waals surface area (Å²) in [5.41, 5.74) is 1.43. The molecule has 0 saturated carbocycles. The maximum Gasteiger partial charge on any atom is 0.341 e. The summed E-state index contributed by atoms with van der Waals surface area (Å²) < 4.78 is 12.1. The molecule has 22 heavy (non-hydrogen) atoms. The van der Waals surface area contributed by atoms with Crippen molar-refractivity contribution in [2.24, 2.45) is 0 Å². The van der Waals surface area contributed by atoms with E-state index >= 15 is 0 Å². The number of aryl methyl sites for hydroxylation is 2. The fraction of sp³-hybridized carbons (Fsp3) is 0.467. The van der Waals surface area contributed by atoms with Gasteiger partial charge in [0, 0.05) is 24.2 Å². The van der Waals surface area contributed by atoms with Gasteiger partial charge in [-0.2, -0.15) is 0 Å². The number of methoxy groups -OCH3 is 1. The average Bonchev–Trinajstić information content (AvgIpc) is 2.99. The molecule has 0 amide bonds. The Morgan fingerprint density at radius 3 is 2.77 bits per heavy atom. The largest absolute Gasteiger partial charge is 0.465 e. The molecule has 2 rings (SSSR count). The monoisotopic (exact) mass is 324 g/mol. The van der Waals surface area contributed by atoms with Crippen molar-refractivity contribution in [1.29, 1.82) is 0 Å². The predicted octanol–water partition coefficient (Wildman–Crippen LogP) is 2.04. The molecule has 0 spiro atoms. The lowest BCUT2D eigenvalue weighted by Gasteiger charge is -2.15. The Bertz CT molecular complexity index is 713. The van der Waals surface area contributed by atoms with Gasteiger partial charge in [0.15, 0.2) is 0 Å². The standard InChI is InChI=1S/C15H20N2O4S/c1-10-9-22-15(19)17(10)6-5-16(3)8-12-7-13(11(2)21-12)14(18)20-4/h7,9H,5-6,8H2,1-4H3. The van der Waals surface area contributed by atoms with Crippen molar-refractivity contribution < 1.29 is 13.9 Å². The Labute approximate surface area is 132 Å². The summed E-state index contributed by atoms with van der Waals surface area (Å²) in [6.07, 6.45) is 0. The van der Waals surface area contributed by atoms with Crippen molar-refractivity contribution in [3.8, 4) is 0 Å². The zero-order valence-corrected chi connectivity index (χ0v) is 14.0. The second-order valence-electron chi connectivity index (χ2n) is 5.21. The van der Waals surface area contributed by atoms with E-state index in [2.05, 4.69) is 0 Å². The van der Waals surface area contributed by atoms with E-state index < -0.39 is 5.97 Å². The third-order valence-corrected chi connectivity index (χ3v) is 4.36. The number of likely N-dealkylation sites (N-methyl/N-ethyl adjacent to an activating group) is 1. The molecule has 2 heterocycles. The fourth-order valence-corrected chi connectivity index (χ4v) is 2.99. The van der Waals surface area contributed by atoms with Crippen LogP contribution >= 0.6 is 11.3 Å².